The summed E-state index contributed by atoms with van der Waals surface area (Å²) in [6.45, 7) is 2.91. The van der Waals surface area contributed by atoms with E-state index < -0.39 is 0 Å². The van der Waals surface area contributed by atoms with Crippen molar-refractivity contribution in [2.45, 2.75) is 38.3 Å². The zero-order valence-electron chi connectivity index (χ0n) is 11.0. The maximum absolute atomic E-state index is 12.1. The van der Waals surface area contributed by atoms with Crippen molar-refractivity contribution in [1.82, 2.24) is 10.6 Å². The van der Waals surface area contributed by atoms with Crippen LogP contribution in [0.15, 0.2) is 24.3 Å². The van der Waals surface area contributed by atoms with E-state index in [0.29, 0.717) is 5.02 Å². The lowest BCUT2D eigenvalue weighted by Crippen LogP contribution is -2.47. The number of hydrogen-bond donors (Lipinski definition) is 2. The Morgan fingerprint density at radius 3 is 2.89 bits per heavy atom. The van der Waals surface area contributed by atoms with Gasteiger partial charge in [-0.05, 0) is 44.0 Å². The van der Waals surface area contributed by atoms with E-state index in [1.54, 1.807) is 0 Å². The van der Waals surface area contributed by atoms with Gasteiger partial charge in [-0.1, -0.05) is 30.2 Å². The summed E-state index contributed by atoms with van der Waals surface area (Å²) in [5.74, 6) is 0.0853. The molecule has 1 saturated heterocycles. The Morgan fingerprint density at radius 1 is 1.47 bits per heavy atom. The number of carbonyl (C=O) groups excluding carboxylic acids is 1. The Morgan fingerprint density at radius 2 is 2.26 bits per heavy atom. The molecule has 0 aromatic heterocycles. The summed E-state index contributed by atoms with van der Waals surface area (Å²) in [4.78, 5) is 12.1. The zero-order valence-corrected chi connectivity index (χ0v) is 12.6. The Labute approximate surface area is 125 Å². The highest BCUT2D eigenvalue weighted by Crippen LogP contribution is 2.18. The Kier molecular flexibility index (Phi) is 6.63. The first-order valence-corrected chi connectivity index (χ1v) is 6.84. The van der Waals surface area contributed by atoms with E-state index >= 15 is 0 Å². The third-order valence-electron chi connectivity index (χ3n) is 3.33. The minimum Gasteiger partial charge on any atom is -0.348 e. The molecule has 0 radical (unpaired) electrons. The molecule has 1 unspecified atom stereocenters. The highest BCUT2D eigenvalue weighted by atomic mass is 35.5. The molecule has 1 heterocycles. The molecule has 1 aromatic rings. The summed E-state index contributed by atoms with van der Waals surface area (Å²) in [5.41, 5.74) is 1.03. The van der Waals surface area contributed by atoms with Crippen molar-refractivity contribution in [3.63, 3.8) is 0 Å². The van der Waals surface area contributed by atoms with Gasteiger partial charge in [0.25, 0.3) is 0 Å². The van der Waals surface area contributed by atoms with Crippen molar-refractivity contribution in [3.05, 3.63) is 34.9 Å². The van der Waals surface area contributed by atoms with E-state index in [9.17, 15) is 4.79 Å². The molecular weight excluding hydrogens is 283 g/mol. The standard InChI is InChI=1S/C14H19ClN2O.ClH/c1-10(11-5-4-6-12(15)9-11)17-14(18)13-7-2-3-8-16-13;/h4-6,9-10,13,16H,2-3,7-8H2,1H3,(H,17,18);1H/t10?,13-;/m1./s1. The molecule has 0 saturated carbocycles. The van der Waals surface area contributed by atoms with E-state index in [1.165, 1.54) is 0 Å². The highest BCUT2D eigenvalue weighted by Gasteiger charge is 2.21. The molecule has 3 nitrogen and oxygen atoms in total. The molecule has 2 rings (SSSR count). The summed E-state index contributed by atoms with van der Waals surface area (Å²) in [6, 6.07) is 7.55. The molecule has 0 spiro atoms. The SMILES string of the molecule is CC(NC(=O)[C@H]1CCCCN1)c1cccc(Cl)c1.Cl. The molecule has 19 heavy (non-hydrogen) atoms. The van der Waals surface area contributed by atoms with Gasteiger partial charge in [0.05, 0.1) is 12.1 Å². The van der Waals surface area contributed by atoms with Gasteiger partial charge in [-0.25, -0.2) is 0 Å². The van der Waals surface area contributed by atoms with Crippen molar-refractivity contribution < 1.29 is 4.79 Å². The molecule has 0 aliphatic carbocycles. The number of halogens is 2. The molecule has 0 bridgehead atoms. The molecule has 1 fully saturated rings. The number of hydrogen-bond acceptors (Lipinski definition) is 2. The second-order valence-electron chi connectivity index (χ2n) is 4.79. The second kappa shape index (κ2) is 7.73. The van der Waals surface area contributed by atoms with Crippen LogP contribution in [-0.2, 0) is 4.79 Å². The number of piperidine rings is 1. The summed E-state index contributed by atoms with van der Waals surface area (Å²) in [6.07, 6.45) is 3.21. The monoisotopic (exact) mass is 302 g/mol. The lowest BCUT2D eigenvalue weighted by atomic mass is 10.0. The van der Waals surface area contributed by atoms with Gasteiger partial charge < -0.3 is 10.6 Å². The van der Waals surface area contributed by atoms with E-state index in [4.69, 9.17) is 11.6 Å². The Bertz CT molecular complexity index is 420. The third-order valence-corrected chi connectivity index (χ3v) is 3.57. The average molecular weight is 303 g/mol. The molecule has 106 valence electrons. The fourth-order valence-corrected chi connectivity index (χ4v) is 2.45. The zero-order chi connectivity index (χ0) is 13.0. The first-order valence-electron chi connectivity index (χ1n) is 6.46. The van der Waals surface area contributed by atoms with Crippen LogP contribution in [0.2, 0.25) is 5.02 Å². The summed E-state index contributed by atoms with van der Waals surface area (Å²) in [7, 11) is 0. The molecule has 1 aromatic carbocycles. The second-order valence-corrected chi connectivity index (χ2v) is 5.22. The molecule has 2 N–H and O–H groups in total. The van der Waals surface area contributed by atoms with E-state index in [0.717, 1.165) is 31.4 Å². The van der Waals surface area contributed by atoms with Crippen molar-refractivity contribution in [2.75, 3.05) is 6.54 Å². The van der Waals surface area contributed by atoms with Gasteiger partial charge in [-0.3, -0.25) is 4.79 Å². The maximum Gasteiger partial charge on any atom is 0.237 e. The number of carbonyl (C=O) groups is 1. The van der Waals surface area contributed by atoms with Crippen LogP contribution in [0.1, 0.15) is 37.8 Å². The van der Waals surface area contributed by atoms with Crippen molar-refractivity contribution in [3.8, 4) is 0 Å². The number of rotatable bonds is 3. The lowest BCUT2D eigenvalue weighted by molar-refractivity contribution is -0.124. The summed E-state index contributed by atoms with van der Waals surface area (Å²) in [5, 5.41) is 6.98. The molecule has 1 aliphatic rings. The van der Waals surface area contributed by atoms with E-state index in [2.05, 4.69) is 10.6 Å². The lowest BCUT2D eigenvalue weighted by Gasteiger charge is -2.24. The van der Waals surface area contributed by atoms with E-state index in [1.807, 2.05) is 31.2 Å². The van der Waals surface area contributed by atoms with Gasteiger partial charge in [0.2, 0.25) is 5.91 Å². The predicted molar refractivity (Wildman–Crippen MR) is 80.9 cm³/mol. The summed E-state index contributed by atoms with van der Waals surface area (Å²) >= 11 is 5.95. The topological polar surface area (TPSA) is 41.1 Å². The molecule has 2 atom stereocenters. The smallest absolute Gasteiger partial charge is 0.237 e. The van der Waals surface area contributed by atoms with Gasteiger partial charge in [0, 0.05) is 5.02 Å². The minimum atomic E-state index is -0.0413. The fraction of sp³-hybridized carbons (Fsp3) is 0.500. The first kappa shape index (κ1) is 16.3. The Hall–Kier alpha value is -0.770. The minimum absolute atomic E-state index is 0. The van der Waals surface area contributed by atoms with Gasteiger partial charge in [0.1, 0.15) is 0 Å². The van der Waals surface area contributed by atoms with Gasteiger partial charge in [-0.15, -0.1) is 12.4 Å². The van der Waals surface area contributed by atoms with Crippen molar-refractivity contribution >= 4 is 29.9 Å². The maximum atomic E-state index is 12.1. The first-order chi connectivity index (χ1) is 8.66. The van der Waals surface area contributed by atoms with Crippen LogP contribution in [0.3, 0.4) is 0 Å². The third kappa shape index (κ3) is 4.68. The van der Waals surface area contributed by atoms with Crippen LogP contribution in [0, 0.1) is 0 Å². The normalized spacial score (nSPS) is 20.2. The van der Waals surface area contributed by atoms with Crippen LogP contribution in [0.4, 0.5) is 0 Å². The quantitative estimate of drug-likeness (QED) is 0.901. The highest BCUT2D eigenvalue weighted by molar-refractivity contribution is 6.30. The predicted octanol–water partition coefficient (Wildman–Crippen LogP) is 3.08. The number of amides is 1. The van der Waals surface area contributed by atoms with Gasteiger partial charge in [0.15, 0.2) is 0 Å². The molecule has 1 aliphatic heterocycles. The van der Waals surface area contributed by atoms with Gasteiger partial charge >= 0.3 is 0 Å². The van der Waals surface area contributed by atoms with Crippen LogP contribution in [0.25, 0.3) is 0 Å². The van der Waals surface area contributed by atoms with Crippen LogP contribution < -0.4 is 10.6 Å². The summed E-state index contributed by atoms with van der Waals surface area (Å²) < 4.78 is 0. The van der Waals surface area contributed by atoms with Gasteiger partial charge in [-0.2, -0.15) is 0 Å². The van der Waals surface area contributed by atoms with Crippen LogP contribution in [-0.4, -0.2) is 18.5 Å². The van der Waals surface area contributed by atoms with Crippen LogP contribution >= 0.6 is 24.0 Å². The molecule has 5 heteroatoms. The van der Waals surface area contributed by atoms with Crippen LogP contribution in [0.5, 0.6) is 0 Å². The molecular formula is C14H20Cl2N2O. The van der Waals surface area contributed by atoms with Crippen molar-refractivity contribution in [1.29, 1.82) is 0 Å². The largest absolute Gasteiger partial charge is 0.348 e. The molecule has 1 amide bonds. The number of benzene rings is 1. The Balaban J connectivity index is 0.00000180. The average Bonchev–Trinajstić information content (AvgIpc) is 2.39. The van der Waals surface area contributed by atoms with Crippen molar-refractivity contribution in [2.24, 2.45) is 0 Å². The number of nitrogens with one attached hydrogen (secondary N) is 2. The fourth-order valence-electron chi connectivity index (χ4n) is 2.25. The van der Waals surface area contributed by atoms with E-state index in [-0.39, 0.29) is 30.4 Å².